The van der Waals surface area contributed by atoms with Crippen LogP contribution in [0.15, 0.2) is 16.9 Å². The number of hydrogen-bond donors (Lipinski definition) is 1. The van der Waals surface area contributed by atoms with E-state index in [0.29, 0.717) is 6.54 Å². The maximum absolute atomic E-state index is 4.42. The van der Waals surface area contributed by atoms with Crippen LogP contribution in [0.25, 0.3) is 0 Å². The third-order valence-corrected chi connectivity index (χ3v) is 3.98. The highest BCUT2D eigenvalue weighted by Gasteiger charge is 2.04. The number of aryl methyl sites for hydroxylation is 2. The Labute approximate surface area is 119 Å². The summed E-state index contributed by atoms with van der Waals surface area (Å²) in [7, 11) is 0. The van der Waals surface area contributed by atoms with Crippen LogP contribution in [0.3, 0.4) is 0 Å². The number of aromatic nitrogens is 3. The second kappa shape index (κ2) is 6.24. The molecule has 0 saturated carbocycles. The highest BCUT2D eigenvalue weighted by molar-refractivity contribution is 9.10. The van der Waals surface area contributed by atoms with Crippen molar-refractivity contribution in [2.75, 3.05) is 5.32 Å². The van der Waals surface area contributed by atoms with Crippen LogP contribution < -0.4 is 5.32 Å². The summed E-state index contributed by atoms with van der Waals surface area (Å²) in [4.78, 5) is 14.4. The minimum Gasteiger partial charge on any atom is -0.363 e. The molecule has 0 aliphatic rings. The molecule has 18 heavy (non-hydrogen) atoms. The molecule has 1 N–H and O–H groups in total. The van der Waals surface area contributed by atoms with Crippen LogP contribution in [-0.2, 0) is 19.4 Å². The fourth-order valence-electron chi connectivity index (χ4n) is 1.47. The van der Waals surface area contributed by atoms with Crippen molar-refractivity contribution in [3.05, 3.63) is 32.6 Å². The molecule has 4 nitrogen and oxygen atoms in total. The summed E-state index contributed by atoms with van der Waals surface area (Å²) in [6.45, 7) is 4.89. The van der Waals surface area contributed by atoms with Crippen molar-refractivity contribution >= 4 is 33.1 Å². The summed E-state index contributed by atoms with van der Waals surface area (Å²) in [5.74, 6) is 1.67. The van der Waals surface area contributed by atoms with E-state index in [1.54, 1.807) is 11.3 Å². The molecule has 2 heterocycles. The quantitative estimate of drug-likeness (QED) is 0.855. The minimum absolute atomic E-state index is 0.706. The number of halogens is 1. The van der Waals surface area contributed by atoms with Gasteiger partial charge in [0.15, 0.2) is 0 Å². The van der Waals surface area contributed by atoms with Gasteiger partial charge in [0.2, 0.25) is 0 Å². The molecule has 0 bridgehead atoms. The van der Waals surface area contributed by atoms with Crippen molar-refractivity contribution < 1.29 is 0 Å². The van der Waals surface area contributed by atoms with E-state index in [-0.39, 0.29) is 0 Å². The minimum atomic E-state index is 0.706. The molecule has 2 aromatic rings. The van der Waals surface area contributed by atoms with Crippen molar-refractivity contribution in [3.8, 4) is 0 Å². The summed E-state index contributed by atoms with van der Waals surface area (Å²) < 4.78 is 0.810. The van der Waals surface area contributed by atoms with Crippen LogP contribution in [0, 0.1) is 0 Å². The lowest BCUT2D eigenvalue weighted by Gasteiger charge is -2.05. The molecule has 0 saturated heterocycles. The maximum Gasteiger partial charge on any atom is 0.131 e. The summed E-state index contributed by atoms with van der Waals surface area (Å²) in [5, 5.41) is 4.36. The molecule has 0 radical (unpaired) electrons. The van der Waals surface area contributed by atoms with Gasteiger partial charge in [0.25, 0.3) is 0 Å². The predicted molar refractivity (Wildman–Crippen MR) is 77.9 cm³/mol. The van der Waals surface area contributed by atoms with Crippen molar-refractivity contribution in [1.29, 1.82) is 0 Å². The summed E-state index contributed by atoms with van der Waals surface area (Å²) in [6.07, 6.45) is 3.80. The zero-order valence-corrected chi connectivity index (χ0v) is 12.8. The molecule has 2 aromatic heterocycles. The standard InChI is InChI=1S/C12H15BrN4S/c1-3-8-6-15-12(18-8)7-14-11-5-9(13)16-10(4-2)17-11/h5-6H,3-4,7H2,1-2H3,(H,14,16,17). The van der Waals surface area contributed by atoms with E-state index in [4.69, 9.17) is 0 Å². The molecule has 0 aliphatic heterocycles. The van der Waals surface area contributed by atoms with Gasteiger partial charge in [-0.15, -0.1) is 11.3 Å². The van der Waals surface area contributed by atoms with Crippen LogP contribution in [0.2, 0.25) is 0 Å². The molecule has 0 spiro atoms. The number of anilines is 1. The number of hydrogen-bond acceptors (Lipinski definition) is 5. The predicted octanol–water partition coefficient (Wildman–Crippen LogP) is 3.43. The summed E-state index contributed by atoms with van der Waals surface area (Å²) in [6, 6.07) is 1.88. The lowest BCUT2D eigenvalue weighted by atomic mass is 10.4. The Morgan fingerprint density at radius 3 is 2.78 bits per heavy atom. The van der Waals surface area contributed by atoms with E-state index in [9.17, 15) is 0 Å². The maximum atomic E-state index is 4.42. The fraction of sp³-hybridized carbons (Fsp3) is 0.417. The zero-order valence-electron chi connectivity index (χ0n) is 10.4. The fourth-order valence-corrected chi connectivity index (χ4v) is 2.70. The molecule has 0 unspecified atom stereocenters. The van der Waals surface area contributed by atoms with Crippen LogP contribution in [0.4, 0.5) is 5.82 Å². The van der Waals surface area contributed by atoms with Gasteiger partial charge in [-0.3, -0.25) is 0 Å². The van der Waals surface area contributed by atoms with Gasteiger partial charge in [-0.2, -0.15) is 0 Å². The highest BCUT2D eigenvalue weighted by Crippen LogP contribution is 2.16. The first-order valence-electron chi connectivity index (χ1n) is 5.92. The first kappa shape index (κ1) is 13.4. The lowest BCUT2D eigenvalue weighted by Crippen LogP contribution is -2.04. The first-order valence-corrected chi connectivity index (χ1v) is 7.53. The SMILES string of the molecule is CCc1nc(Br)cc(NCc2ncc(CC)s2)n1. The average molecular weight is 327 g/mol. The Kier molecular flexibility index (Phi) is 4.66. The third kappa shape index (κ3) is 3.49. The number of rotatable bonds is 5. The van der Waals surface area contributed by atoms with Gasteiger partial charge in [0.1, 0.15) is 21.3 Å². The Balaban J connectivity index is 2.03. The van der Waals surface area contributed by atoms with Crippen LogP contribution in [0.1, 0.15) is 29.6 Å². The molecule has 0 aromatic carbocycles. The molecule has 96 valence electrons. The Morgan fingerprint density at radius 2 is 2.11 bits per heavy atom. The van der Waals surface area contributed by atoms with E-state index >= 15 is 0 Å². The number of thiazole rings is 1. The van der Waals surface area contributed by atoms with E-state index in [1.165, 1.54) is 4.88 Å². The topological polar surface area (TPSA) is 50.7 Å². The third-order valence-electron chi connectivity index (χ3n) is 2.43. The van der Waals surface area contributed by atoms with Crippen LogP contribution >= 0.6 is 27.3 Å². The van der Waals surface area contributed by atoms with Crippen LogP contribution in [0.5, 0.6) is 0 Å². The first-order chi connectivity index (χ1) is 8.71. The van der Waals surface area contributed by atoms with E-state index in [2.05, 4.69) is 43.1 Å². The van der Waals surface area contributed by atoms with Gasteiger partial charge >= 0.3 is 0 Å². The molecular weight excluding hydrogens is 312 g/mol. The smallest absolute Gasteiger partial charge is 0.131 e. The Hall–Kier alpha value is -1.01. The van der Waals surface area contributed by atoms with Crippen molar-refractivity contribution in [2.24, 2.45) is 0 Å². The van der Waals surface area contributed by atoms with E-state index in [1.807, 2.05) is 19.2 Å². The van der Waals surface area contributed by atoms with Crippen molar-refractivity contribution in [2.45, 2.75) is 33.2 Å². The van der Waals surface area contributed by atoms with Gasteiger partial charge < -0.3 is 5.32 Å². The second-order valence-corrected chi connectivity index (χ2v) is 5.79. The van der Waals surface area contributed by atoms with E-state index < -0.39 is 0 Å². The van der Waals surface area contributed by atoms with Gasteiger partial charge in [-0.1, -0.05) is 13.8 Å². The normalized spacial score (nSPS) is 10.6. The largest absolute Gasteiger partial charge is 0.363 e. The Bertz CT molecular complexity index is 527. The summed E-state index contributed by atoms with van der Waals surface area (Å²) in [5.41, 5.74) is 0. The molecule has 2 rings (SSSR count). The summed E-state index contributed by atoms with van der Waals surface area (Å²) >= 11 is 5.13. The second-order valence-electron chi connectivity index (χ2n) is 3.77. The number of nitrogens with one attached hydrogen (secondary N) is 1. The molecule has 0 fully saturated rings. The molecule has 0 amide bonds. The average Bonchev–Trinajstić information content (AvgIpc) is 2.83. The van der Waals surface area contributed by atoms with Crippen LogP contribution in [-0.4, -0.2) is 15.0 Å². The van der Waals surface area contributed by atoms with Crippen molar-refractivity contribution in [1.82, 2.24) is 15.0 Å². The monoisotopic (exact) mass is 326 g/mol. The molecule has 6 heteroatoms. The van der Waals surface area contributed by atoms with Crippen molar-refractivity contribution in [3.63, 3.8) is 0 Å². The highest BCUT2D eigenvalue weighted by atomic mass is 79.9. The molecular formula is C12H15BrN4S. The molecule has 0 aliphatic carbocycles. The van der Waals surface area contributed by atoms with Gasteiger partial charge in [0, 0.05) is 23.6 Å². The zero-order chi connectivity index (χ0) is 13.0. The number of nitrogens with zero attached hydrogens (tertiary/aromatic N) is 3. The molecule has 0 atom stereocenters. The van der Waals surface area contributed by atoms with E-state index in [0.717, 1.165) is 34.1 Å². The van der Waals surface area contributed by atoms with Gasteiger partial charge in [-0.25, -0.2) is 15.0 Å². The van der Waals surface area contributed by atoms with Gasteiger partial charge in [-0.05, 0) is 22.4 Å². The Morgan fingerprint density at radius 1 is 1.28 bits per heavy atom. The van der Waals surface area contributed by atoms with Gasteiger partial charge in [0.05, 0.1) is 6.54 Å². The lowest BCUT2D eigenvalue weighted by molar-refractivity contribution is 0.920.